The molecule has 0 radical (unpaired) electrons. The maximum atomic E-state index is 12.8. The Bertz CT molecular complexity index is 1090. The molecule has 0 aliphatic carbocycles. The topological polar surface area (TPSA) is 78.9 Å². The highest BCUT2D eigenvalue weighted by Gasteiger charge is 2.19. The number of carbonyl (C=O) groups excluding carboxylic acids is 3. The van der Waals surface area contributed by atoms with Crippen molar-refractivity contribution in [1.29, 1.82) is 0 Å². The predicted molar refractivity (Wildman–Crippen MR) is 279 cm³/mol. The molecule has 0 N–H and O–H groups in total. The average molecular weight is 914 g/mol. The van der Waals surface area contributed by atoms with Gasteiger partial charge in [-0.15, -0.1) is 0 Å². The van der Waals surface area contributed by atoms with Gasteiger partial charge in [0.2, 0.25) is 0 Å². The van der Waals surface area contributed by atoms with Crippen LogP contribution in [0.4, 0.5) is 0 Å². The highest BCUT2D eigenvalue weighted by atomic mass is 16.6. The van der Waals surface area contributed by atoms with Crippen molar-refractivity contribution < 1.29 is 28.6 Å². The summed E-state index contributed by atoms with van der Waals surface area (Å²) in [6.45, 7) is 6.64. The normalized spacial score (nSPS) is 12.2. The number of hydrogen-bond acceptors (Lipinski definition) is 6. The fraction of sp³-hybridized carbons (Fsp3) is 0.847. The minimum Gasteiger partial charge on any atom is -0.462 e. The zero-order valence-electron chi connectivity index (χ0n) is 43.5. The Kier molecular flexibility index (Phi) is 52.3. The first kappa shape index (κ1) is 62.6. The summed E-state index contributed by atoms with van der Waals surface area (Å²) in [4.78, 5) is 38.1. The number of allylic oxidation sites excluding steroid dienone is 6. The largest absolute Gasteiger partial charge is 0.462 e. The zero-order valence-corrected chi connectivity index (χ0v) is 43.5. The molecule has 0 aromatic carbocycles. The Morgan fingerprint density at radius 3 is 0.862 bits per heavy atom. The van der Waals surface area contributed by atoms with Crippen LogP contribution in [0.1, 0.15) is 303 Å². The van der Waals surface area contributed by atoms with E-state index in [1.807, 2.05) is 0 Å². The van der Waals surface area contributed by atoms with Crippen LogP contribution in [0.2, 0.25) is 0 Å². The second-order valence-electron chi connectivity index (χ2n) is 19.2. The lowest BCUT2D eigenvalue weighted by Crippen LogP contribution is -2.30. The molecule has 0 saturated carbocycles. The van der Waals surface area contributed by atoms with Crippen molar-refractivity contribution in [3.63, 3.8) is 0 Å². The van der Waals surface area contributed by atoms with Gasteiger partial charge in [-0.3, -0.25) is 14.4 Å². The Balaban J connectivity index is 4.38. The summed E-state index contributed by atoms with van der Waals surface area (Å²) < 4.78 is 16.9. The summed E-state index contributed by atoms with van der Waals surface area (Å²) in [6.07, 6.45) is 64.1. The molecule has 0 aromatic heterocycles. The van der Waals surface area contributed by atoms with Crippen molar-refractivity contribution in [3.8, 4) is 0 Å². The van der Waals surface area contributed by atoms with Crippen LogP contribution in [-0.4, -0.2) is 37.2 Å². The monoisotopic (exact) mass is 913 g/mol. The third-order valence-electron chi connectivity index (χ3n) is 12.6. The van der Waals surface area contributed by atoms with Crippen LogP contribution >= 0.6 is 0 Å². The first-order valence-corrected chi connectivity index (χ1v) is 28.5. The van der Waals surface area contributed by atoms with Gasteiger partial charge in [-0.1, -0.05) is 243 Å². The molecule has 0 aliphatic heterocycles. The first-order chi connectivity index (χ1) is 32.0. The number of unbranched alkanes of at least 4 members (excludes halogenated alkanes) is 35. The Morgan fingerprint density at radius 1 is 0.308 bits per heavy atom. The number of ether oxygens (including phenoxy) is 3. The molecule has 6 nitrogen and oxygen atoms in total. The maximum Gasteiger partial charge on any atom is 0.306 e. The Hall–Kier alpha value is -2.37. The fourth-order valence-electron chi connectivity index (χ4n) is 8.29. The van der Waals surface area contributed by atoms with E-state index in [9.17, 15) is 14.4 Å². The summed E-state index contributed by atoms with van der Waals surface area (Å²) >= 11 is 0. The molecule has 0 aliphatic rings. The van der Waals surface area contributed by atoms with Gasteiger partial charge in [-0.05, 0) is 77.0 Å². The quantitative estimate of drug-likeness (QED) is 0.0262. The van der Waals surface area contributed by atoms with Crippen LogP contribution in [0.3, 0.4) is 0 Å². The molecule has 0 heterocycles. The summed E-state index contributed by atoms with van der Waals surface area (Å²) in [5.41, 5.74) is 0. The molecule has 0 spiro atoms. The summed E-state index contributed by atoms with van der Waals surface area (Å²) in [5.74, 6) is -0.883. The minimum atomic E-state index is -0.779. The van der Waals surface area contributed by atoms with Crippen molar-refractivity contribution in [2.24, 2.45) is 0 Å². The lowest BCUT2D eigenvalue weighted by Gasteiger charge is -2.18. The van der Waals surface area contributed by atoms with E-state index in [4.69, 9.17) is 14.2 Å². The van der Waals surface area contributed by atoms with E-state index in [0.29, 0.717) is 19.3 Å². The molecule has 6 heteroatoms. The molecule has 0 aromatic rings. The highest BCUT2D eigenvalue weighted by Crippen LogP contribution is 2.16. The van der Waals surface area contributed by atoms with E-state index in [1.165, 1.54) is 180 Å². The van der Waals surface area contributed by atoms with Gasteiger partial charge in [0, 0.05) is 19.3 Å². The van der Waals surface area contributed by atoms with Gasteiger partial charge in [-0.25, -0.2) is 0 Å². The van der Waals surface area contributed by atoms with E-state index >= 15 is 0 Å². The molecule has 0 unspecified atom stereocenters. The molecular formula is C59H108O6. The SMILES string of the molecule is CCCCCCC/C=C\C/C=C\CCCCCCCC(=O)OC[C@@H](COC(=O)CCCCCCCCCCCCCCCCC)OC(=O)CCCCCCC/C=C\CCCCCCCC. The molecule has 0 saturated heterocycles. The van der Waals surface area contributed by atoms with E-state index in [1.54, 1.807) is 0 Å². The number of carbonyl (C=O) groups is 3. The van der Waals surface area contributed by atoms with E-state index < -0.39 is 6.10 Å². The number of esters is 3. The first-order valence-electron chi connectivity index (χ1n) is 28.5. The third kappa shape index (κ3) is 52.5. The molecule has 0 fully saturated rings. The Labute approximate surface area is 404 Å². The average Bonchev–Trinajstić information content (AvgIpc) is 3.30. The van der Waals surface area contributed by atoms with Gasteiger partial charge in [0.05, 0.1) is 0 Å². The lowest BCUT2D eigenvalue weighted by molar-refractivity contribution is -0.167. The van der Waals surface area contributed by atoms with Gasteiger partial charge < -0.3 is 14.2 Å². The second-order valence-corrected chi connectivity index (χ2v) is 19.2. The summed E-state index contributed by atoms with van der Waals surface area (Å²) in [5, 5.41) is 0. The van der Waals surface area contributed by atoms with Crippen LogP contribution < -0.4 is 0 Å². The van der Waals surface area contributed by atoms with Crippen LogP contribution in [0.15, 0.2) is 36.5 Å². The standard InChI is InChI=1S/C59H108O6/c1-4-7-10-13-16-19-22-25-28-29-32-34-37-40-43-46-49-52-58(61)64-55-56(65-59(62)53-50-47-44-41-38-35-31-27-24-21-18-15-12-9-6-3)54-63-57(60)51-48-45-42-39-36-33-30-26-23-20-17-14-11-8-5-2/h22,25,27,29,31-32,56H,4-21,23-24,26,28,30,33-55H2,1-3H3/b25-22-,31-27-,32-29-/t56-/m1/s1. The molecule has 0 amide bonds. The number of hydrogen-bond donors (Lipinski definition) is 0. The Morgan fingerprint density at radius 2 is 0.554 bits per heavy atom. The molecule has 0 rings (SSSR count). The smallest absolute Gasteiger partial charge is 0.306 e. The van der Waals surface area contributed by atoms with Gasteiger partial charge in [0.25, 0.3) is 0 Å². The van der Waals surface area contributed by atoms with Crippen LogP contribution in [0.5, 0.6) is 0 Å². The number of rotatable bonds is 52. The maximum absolute atomic E-state index is 12.8. The van der Waals surface area contributed by atoms with Crippen LogP contribution in [0.25, 0.3) is 0 Å². The van der Waals surface area contributed by atoms with Crippen molar-refractivity contribution in [3.05, 3.63) is 36.5 Å². The predicted octanol–water partition coefficient (Wildman–Crippen LogP) is 18.9. The van der Waals surface area contributed by atoms with Crippen LogP contribution in [0, 0.1) is 0 Å². The van der Waals surface area contributed by atoms with Crippen molar-refractivity contribution in [1.82, 2.24) is 0 Å². The second kappa shape index (κ2) is 54.2. The summed E-state index contributed by atoms with van der Waals surface area (Å²) in [6, 6.07) is 0. The fourth-order valence-corrected chi connectivity index (χ4v) is 8.29. The molecular weight excluding hydrogens is 805 g/mol. The van der Waals surface area contributed by atoms with Gasteiger partial charge >= 0.3 is 17.9 Å². The van der Waals surface area contributed by atoms with Crippen LogP contribution in [-0.2, 0) is 28.6 Å². The van der Waals surface area contributed by atoms with E-state index in [0.717, 1.165) is 83.5 Å². The molecule has 0 bridgehead atoms. The molecule has 380 valence electrons. The molecule has 65 heavy (non-hydrogen) atoms. The minimum absolute atomic E-state index is 0.0766. The van der Waals surface area contributed by atoms with Crippen molar-refractivity contribution in [2.75, 3.05) is 13.2 Å². The van der Waals surface area contributed by atoms with Gasteiger partial charge in [0.15, 0.2) is 6.10 Å². The van der Waals surface area contributed by atoms with E-state index in [-0.39, 0.29) is 31.1 Å². The zero-order chi connectivity index (χ0) is 47.2. The third-order valence-corrected chi connectivity index (χ3v) is 12.6. The van der Waals surface area contributed by atoms with E-state index in [2.05, 4.69) is 57.2 Å². The van der Waals surface area contributed by atoms with Gasteiger partial charge in [-0.2, -0.15) is 0 Å². The highest BCUT2D eigenvalue weighted by molar-refractivity contribution is 5.71. The van der Waals surface area contributed by atoms with Crippen molar-refractivity contribution >= 4 is 17.9 Å². The van der Waals surface area contributed by atoms with Gasteiger partial charge in [0.1, 0.15) is 13.2 Å². The molecule has 1 atom stereocenters. The lowest BCUT2D eigenvalue weighted by atomic mass is 10.0. The summed E-state index contributed by atoms with van der Waals surface area (Å²) in [7, 11) is 0. The van der Waals surface area contributed by atoms with Crippen molar-refractivity contribution in [2.45, 2.75) is 309 Å².